The van der Waals surface area contributed by atoms with Crippen LogP contribution in [0.25, 0.3) is 0 Å². The van der Waals surface area contributed by atoms with Gasteiger partial charge in [-0.2, -0.15) is 0 Å². The number of allylic oxidation sites excluding steroid dienone is 1. The number of thioether (sulfide) groups is 1. The molecular formula is C22H20Cl3N5O2S. The Morgan fingerprint density at radius 2 is 1.82 bits per heavy atom. The number of benzene rings is 2. The van der Waals surface area contributed by atoms with Crippen LogP contribution in [0, 0.1) is 0 Å². The summed E-state index contributed by atoms with van der Waals surface area (Å²) in [5.74, 6) is 0.0810. The lowest BCUT2D eigenvalue weighted by atomic mass is 10.2. The molecule has 33 heavy (non-hydrogen) atoms. The molecule has 172 valence electrons. The van der Waals surface area contributed by atoms with Crippen LogP contribution in [0.3, 0.4) is 0 Å². The third-order valence-corrected chi connectivity index (χ3v) is 6.19. The number of rotatable bonds is 9. The third kappa shape index (κ3) is 6.74. The number of anilines is 1. The Balaban J connectivity index is 1.67. The van der Waals surface area contributed by atoms with Gasteiger partial charge in [0.25, 0.3) is 5.91 Å². The monoisotopic (exact) mass is 523 g/mol. The molecule has 1 heterocycles. The van der Waals surface area contributed by atoms with Crippen molar-refractivity contribution in [3.05, 3.63) is 81.6 Å². The Labute approximate surface area is 210 Å². The number of amides is 2. The molecule has 11 heteroatoms. The highest BCUT2D eigenvalue weighted by atomic mass is 35.5. The van der Waals surface area contributed by atoms with Crippen molar-refractivity contribution < 1.29 is 9.59 Å². The average Bonchev–Trinajstić information content (AvgIpc) is 3.17. The summed E-state index contributed by atoms with van der Waals surface area (Å²) < 4.78 is 1.79. The Hall–Kier alpha value is -2.52. The van der Waals surface area contributed by atoms with Gasteiger partial charge in [0.15, 0.2) is 11.0 Å². The molecule has 2 N–H and O–H groups in total. The van der Waals surface area contributed by atoms with E-state index in [1.807, 2.05) is 0 Å². The van der Waals surface area contributed by atoms with Gasteiger partial charge >= 0.3 is 0 Å². The van der Waals surface area contributed by atoms with E-state index < -0.39 is 6.04 Å². The second-order valence-corrected chi connectivity index (χ2v) is 9.13. The van der Waals surface area contributed by atoms with Crippen molar-refractivity contribution in [2.45, 2.75) is 24.7 Å². The summed E-state index contributed by atoms with van der Waals surface area (Å²) in [5.41, 5.74) is 0.951. The normalized spacial score (nSPS) is 11.6. The molecule has 0 aliphatic carbocycles. The SMILES string of the molecule is C=CCn1c(SCC(=O)Nc2ccc(Cl)cc2)nnc1C(C)NC(=O)c1ccc(Cl)cc1Cl. The molecule has 2 aromatic carbocycles. The molecule has 1 aromatic heterocycles. The van der Waals surface area contributed by atoms with E-state index in [2.05, 4.69) is 27.4 Å². The fourth-order valence-corrected chi connectivity index (χ4v) is 4.28. The van der Waals surface area contributed by atoms with E-state index in [-0.39, 0.29) is 22.6 Å². The maximum Gasteiger partial charge on any atom is 0.253 e. The summed E-state index contributed by atoms with van der Waals surface area (Å²) in [7, 11) is 0. The van der Waals surface area contributed by atoms with E-state index in [1.165, 1.54) is 17.8 Å². The van der Waals surface area contributed by atoms with Gasteiger partial charge < -0.3 is 15.2 Å². The summed E-state index contributed by atoms with van der Waals surface area (Å²) in [5, 5.41) is 15.9. The van der Waals surface area contributed by atoms with E-state index in [0.29, 0.717) is 38.8 Å². The lowest BCUT2D eigenvalue weighted by Gasteiger charge is -2.16. The van der Waals surface area contributed by atoms with Crippen molar-refractivity contribution in [1.29, 1.82) is 0 Å². The number of carbonyl (C=O) groups is 2. The van der Waals surface area contributed by atoms with Crippen LogP contribution in [-0.2, 0) is 11.3 Å². The zero-order valence-corrected chi connectivity index (χ0v) is 20.6. The molecule has 3 rings (SSSR count). The van der Waals surface area contributed by atoms with E-state index in [1.54, 1.807) is 54.0 Å². The van der Waals surface area contributed by atoms with Gasteiger partial charge in [-0.25, -0.2) is 0 Å². The minimum absolute atomic E-state index is 0.124. The number of nitrogens with one attached hydrogen (secondary N) is 2. The molecular weight excluding hydrogens is 505 g/mol. The molecule has 0 bridgehead atoms. The van der Waals surface area contributed by atoms with Gasteiger partial charge in [-0.3, -0.25) is 9.59 Å². The van der Waals surface area contributed by atoms with Crippen LogP contribution in [0.1, 0.15) is 29.1 Å². The first-order valence-electron chi connectivity index (χ1n) is 9.76. The Morgan fingerprint density at radius 3 is 2.48 bits per heavy atom. The molecule has 0 saturated heterocycles. The third-order valence-electron chi connectivity index (χ3n) is 4.43. The van der Waals surface area contributed by atoms with Gasteiger partial charge in [0.2, 0.25) is 5.91 Å². The molecule has 0 aliphatic rings. The molecule has 7 nitrogen and oxygen atoms in total. The van der Waals surface area contributed by atoms with Crippen molar-refractivity contribution in [2.24, 2.45) is 0 Å². The van der Waals surface area contributed by atoms with Crippen molar-refractivity contribution in [3.8, 4) is 0 Å². The average molecular weight is 525 g/mol. The van der Waals surface area contributed by atoms with Crippen molar-refractivity contribution >= 4 is 64.1 Å². The zero-order chi connectivity index (χ0) is 24.0. The number of carbonyl (C=O) groups excluding carboxylic acids is 2. The Kier molecular flexibility index (Phi) is 8.80. The van der Waals surface area contributed by atoms with Gasteiger partial charge in [0.05, 0.1) is 22.4 Å². The van der Waals surface area contributed by atoms with E-state index >= 15 is 0 Å². The van der Waals surface area contributed by atoms with Crippen LogP contribution in [-0.4, -0.2) is 32.3 Å². The molecule has 0 radical (unpaired) electrons. The zero-order valence-electron chi connectivity index (χ0n) is 17.5. The van der Waals surface area contributed by atoms with Crippen LogP contribution in [0.5, 0.6) is 0 Å². The molecule has 0 saturated carbocycles. The van der Waals surface area contributed by atoms with Gasteiger partial charge in [0.1, 0.15) is 0 Å². The number of nitrogens with zero attached hydrogens (tertiary/aromatic N) is 3. The number of hydrogen-bond donors (Lipinski definition) is 2. The topological polar surface area (TPSA) is 88.9 Å². The molecule has 2 amide bonds. The molecule has 0 spiro atoms. The highest BCUT2D eigenvalue weighted by Crippen LogP contribution is 2.24. The molecule has 0 aliphatic heterocycles. The lowest BCUT2D eigenvalue weighted by molar-refractivity contribution is -0.113. The summed E-state index contributed by atoms with van der Waals surface area (Å²) in [6, 6.07) is 11.0. The maximum absolute atomic E-state index is 12.7. The number of hydrogen-bond acceptors (Lipinski definition) is 5. The van der Waals surface area contributed by atoms with E-state index in [4.69, 9.17) is 34.8 Å². The van der Waals surface area contributed by atoms with Crippen LogP contribution >= 0.6 is 46.6 Å². The Morgan fingerprint density at radius 1 is 1.12 bits per heavy atom. The van der Waals surface area contributed by atoms with Crippen LogP contribution in [0.4, 0.5) is 5.69 Å². The predicted molar refractivity (Wildman–Crippen MR) is 133 cm³/mol. The van der Waals surface area contributed by atoms with Crippen LogP contribution < -0.4 is 10.6 Å². The van der Waals surface area contributed by atoms with Crippen LogP contribution in [0.15, 0.2) is 60.3 Å². The van der Waals surface area contributed by atoms with Gasteiger partial charge in [-0.05, 0) is 49.4 Å². The first kappa shape index (κ1) is 25.1. The lowest BCUT2D eigenvalue weighted by Crippen LogP contribution is -2.29. The number of halogens is 3. The second kappa shape index (κ2) is 11.6. The van der Waals surface area contributed by atoms with Gasteiger partial charge in [0, 0.05) is 22.3 Å². The maximum atomic E-state index is 12.7. The minimum atomic E-state index is -0.478. The quantitative estimate of drug-likeness (QED) is 0.279. The highest BCUT2D eigenvalue weighted by molar-refractivity contribution is 7.99. The summed E-state index contributed by atoms with van der Waals surface area (Å²) >= 11 is 19.1. The fraction of sp³-hybridized carbons (Fsp3) is 0.182. The van der Waals surface area contributed by atoms with Crippen molar-refractivity contribution in [1.82, 2.24) is 20.1 Å². The number of aromatic nitrogens is 3. The molecule has 1 atom stereocenters. The summed E-state index contributed by atoms with van der Waals surface area (Å²) in [4.78, 5) is 25.0. The van der Waals surface area contributed by atoms with Crippen LogP contribution in [0.2, 0.25) is 15.1 Å². The molecule has 3 aromatic rings. The second-order valence-electron chi connectivity index (χ2n) is 6.90. The van der Waals surface area contributed by atoms with Gasteiger partial charge in [-0.1, -0.05) is 52.6 Å². The van der Waals surface area contributed by atoms with E-state index in [0.717, 1.165) is 0 Å². The predicted octanol–water partition coefficient (Wildman–Crippen LogP) is 5.65. The minimum Gasteiger partial charge on any atom is -0.342 e. The summed E-state index contributed by atoms with van der Waals surface area (Å²) in [6.45, 7) is 5.96. The van der Waals surface area contributed by atoms with Crippen molar-refractivity contribution in [2.75, 3.05) is 11.1 Å². The molecule has 0 fully saturated rings. The standard InChI is InChI=1S/C22H20Cl3N5O2S/c1-3-10-30-20(13(2)26-21(32)17-9-6-15(24)11-18(17)25)28-29-22(30)33-12-19(31)27-16-7-4-14(23)5-8-16/h3-9,11,13H,1,10,12H2,2H3,(H,26,32)(H,27,31). The molecule has 1 unspecified atom stereocenters. The van der Waals surface area contributed by atoms with Crippen molar-refractivity contribution in [3.63, 3.8) is 0 Å². The van der Waals surface area contributed by atoms with E-state index in [9.17, 15) is 9.59 Å². The smallest absolute Gasteiger partial charge is 0.253 e. The first-order chi connectivity index (χ1) is 15.8. The highest BCUT2D eigenvalue weighted by Gasteiger charge is 2.21. The van der Waals surface area contributed by atoms with Gasteiger partial charge in [-0.15, -0.1) is 16.8 Å². The largest absolute Gasteiger partial charge is 0.342 e. The Bertz CT molecular complexity index is 1170. The summed E-state index contributed by atoms with van der Waals surface area (Å²) in [6.07, 6.45) is 1.69. The first-order valence-corrected chi connectivity index (χ1v) is 11.9. The fourth-order valence-electron chi connectivity index (χ4n) is 2.90.